The molecule has 0 N–H and O–H groups in total. The molecule has 0 amide bonds. The average Bonchev–Trinajstić information content (AvgIpc) is 2.92. The molecular formula is C17H22O5. The number of hydrogen-bond donors (Lipinski definition) is 0. The fourth-order valence-electron chi connectivity index (χ4n) is 3.03. The Morgan fingerprint density at radius 1 is 1.23 bits per heavy atom. The van der Waals surface area contributed by atoms with E-state index in [0.29, 0.717) is 39.1 Å². The summed E-state index contributed by atoms with van der Waals surface area (Å²) in [5, 5.41) is 0. The van der Waals surface area contributed by atoms with Crippen LogP contribution in [0, 0.1) is 0 Å². The van der Waals surface area contributed by atoms with E-state index in [1.807, 2.05) is 30.3 Å². The first-order valence-electron chi connectivity index (χ1n) is 7.74. The Labute approximate surface area is 130 Å². The maximum absolute atomic E-state index is 11.4. The summed E-state index contributed by atoms with van der Waals surface area (Å²) in [5.41, 5.74) is 1.09. The summed E-state index contributed by atoms with van der Waals surface area (Å²) in [4.78, 5) is 11.4. The molecule has 5 nitrogen and oxygen atoms in total. The summed E-state index contributed by atoms with van der Waals surface area (Å²) in [7, 11) is 0. The molecule has 5 heteroatoms. The van der Waals surface area contributed by atoms with E-state index in [1.165, 1.54) is 0 Å². The Balaban J connectivity index is 1.63. The minimum atomic E-state index is -0.653. The first-order valence-corrected chi connectivity index (χ1v) is 7.74. The highest BCUT2D eigenvalue weighted by Gasteiger charge is 2.46. The van der Waals surface area contributed by atoms with E-state index >= 15 is 0 Å². The molecule has 0 unspecified atom stereocenters. The van der Waals surface area contributed by atoms with Crippen LogP contribution >= 0.6 is 0 Å². The molecule has 2 aliphatic heterocycles. The fraction of sp³-hybridized carbons (Fsp3) is 0.588. The van der Waals surface area contributed by atoms with Crippen LogP contribution in [0.25, 0.3) is 0 Å². The summed E-state index contributed by atoms with van der Waals surface area (Å²) in [6, 6.07) is 9.94. The zero-order chi connectivity index (χ0) is 15.4. The van der Waals surface area contributed by atoms with Crippen molar-refractivity contribution >= 4 is 5.78 Å². The maximum Gasteiger partial charge on any atom is 0.175 e. The van der Waals surface area contributed by atoms with Gasteiger partial charge in [0.1, 0.15) is 5.78 Å². The van der Waals surface area contributed by atoms with Crippen molar-refractivity contribution in [3.05, 3.63) is 35.9 Å². The standard InChI is InChI=1S/C17H22O5/c1-13(18)9-15-10-17(20-7-8-21-17)11-16(22-15)19-12-14-5-3-2-4-6-14/h2-6,15-16H,7-12H2,1H3/t15-,16+/m0/s1. The quantitative estimate of drug-likeness (QED) is 0.836. The molecule has 0 bridgehead atoms. The van der Waals surface area contributed by atoms with Crippen LogP contribution in [0.3, 0.4) is 0 Å². The predicted octanol–water partition coefficient (Wildman–Crippen LogP) is 2.43. The summed E-state index contributed by atoms with van der Waals surface area (Å²) in [5.74, 6) is -0.554. The van der Waals surface area contributed by atoms with Crippen molar-refractivity contribution in [2.75, 3.05) is 13.2 Å². The van der Waals surface area contributed by atoms with Crippen molar-refractivity contribution in [1.29, 1.82) is 0 Å². The third-order valence-corrected chi connectivity index (χ3v) is 3.97. The van der Waals surface area contributed by atoms with Crippen molar-refractivity contribution in [3.8, 4) is 0 Å². The minimum Gasteiger partial charge on any atom is -0.349 e. The number of carbonyl (C=O) groups excluding carboxylic acids is 1. The molecule has 1 aromatic rings. The summed E-state index contributed by atoms with van der Waals surface area (Å²) in [6.45, 7) is 3.20. The van der Waals surface area contributed by atoms with Gasteiger partial charge in [0.25, 0.3) is 0 Å². The highest BCUT2D eigenvalue weighted by Crippen LogP contribution is 2.37. The normalized spacial score (nSPS) is 27.1. The average molecular weight is 306 g/mol. The molecule has 1 aromatic carbocycles. The number of carbonyl (C=O) groups is 1. The van der Waals surface area contributed by atoms with Gasteiger partial charge in [-0.3, -0.25) is 4.79 Å². The third-order valence-electron chi connectivity index (χ3n) is 3.97. The smallest absolute Gasteiger partial charge is 0.175 e. The number of hydrogen-bond acceptors (Lipinski definition) is 5. The second-order valence-electron chi connectivity index (χ2n) is 5.91. The molecule has 0 aromatic heterocycles. The number of Topliss-reactive ketones (excluding diaryl/α,β-unsaturated/α-hetero) is 1. The second-order valence-corrected chi connectivity index (χ2v) is 5.91. The van der Waals surface area contributed by atoms with Crippen LogP contribution in [0.2, 0.25) is 0 Å². The van der Waals surface area contributed by atoms with Gasteiger partial charge < -0.3 is 18.9 Å². The van der Waals surface area contributed by atoms with E-state index in [9.17, 15) is 4.79 Å². The molecule has 3 rings (SSSR count). The first-order chi connectivity index (χ1) is 10.7. The maximum atomic E-state index is 11.4. The van der Waals surface area contributed by atoms with Gasteiger partial charge in [0.05, 0.1) is 32.3 Å². The lowest BCUT2D eigenvalue weighted by Crippen LogP contribution is -2.47. The van der Waals surface area contributed by atoms with Gasteiger partial charge in [0.2, 0.25) is 0 Å². The van der Waals surface area contributed by atoms with Gasteiger partial charge in [-0.2, -0.15) is 0 Å². The van der Waals surface area contributed by atoms with Crippen LogP contribution in [-0.4, -0.2) is 37.2 Å². The molecule has 0 saturated carbocycles. The van der Waals surface area contributed by atoms with E-state index < -0.39 is 12.1 Å². The lowest BCUT2D eigenvalue weighted by atomic mass is 9.97. The molecular weight excluding hydrogens is 284 g/mol. The molecule has 2 fully saturated rings. The molecule has 22 heavy (non-hydrogen) atoms. The summed E-state index contributed by atoms with van der Waals surface area (Å²) < 4.78 is 23.3. The molecule has 2 atom stereocenters. The monoisotopic (exact) mass is 306 g/mol. The molecule has 120 valence electrons. The van der Waals surface area contributed by atoms with Crippen molar-refractivity contribution in [2.24, 2.45) is 0 Å². The lowest BCUT2D eigenvalue weighted by molar-refractivity contribution is -0.295. The summed E-state index contributed by atoms with van der Waals surface area (Å²) >= 11 is 0. The molecule has 0 radical (unpaired) electrons. The Hall–Kier alpha value is -1.27. The SMILES string of the molecule is CC(=O)C[C@H]1CC2(C[C@H](OCc3ccccc3)O1)OCCO2. The van der Waals surface area contributed by atoms with Gasteiger partial charge in [0, 0.05) is 12.8 Å². The van der Waals surface area contributed by atoms with Crippen molar-refractivity contribution in [3.63, 3.8) is 0 Å². The largest absolute Gasteiger partial charge is 0.349 e. The zero-order valence-corrected chi connectivity index (χ0v) is 12.8. The van der Waals surface area contributed by atoms with E-state index in [0.717, 1.165) is 5.56 Å². The van der Waals surface area contributed by atoms with Crippen LogP contribution in [0.5, 0.6) is 0 Å². The zero-order valence-electron chi connectivity index (χ0n) is 12.8. The van der Waals surface area contributed by atoms with Gasteiger partial charge >= 0.3 is 0 Å². The van der Waals surface area contributed by atoms with Crippen LogP contribution < -0.4 is 0 Å². The molecule has 2 aliphatic rings. The molecule has 1 spiro atoms. The molecule has 2 saturated heterocycles. The van der Waals surface area contributed by atoms with Gasteiger partial charge in [-0.05, 0) is 12.5 Å². The topological polar surface area (TPSA) is 54.0 Å². The number of ether oxygens (including phenoxy) is 4. The van der Waals surface area contributed by atoms with Crippen molar-refractivity contribution < 1.29 is 23.7 Å². The Morgan fingerprint density at radius 2 is 1.95 bits per heavy atom. The van der Waals surface area contributed by atoms with Gasteiger partial charge in [-0.1, -0.05) is 30.3 Å². The highest BCUT2D eigenvalue weighted by molar-refractivity contribution is 5.76. The van der Waals surface area contributed by atoms with E-state index in [4.69, 9.17) is 18.9 Å². The minimum absolute atomic E-state index is 0.0989. The van der Waals surface area contributed by atoms with Crippen LogP contribution in [-0.2, 0) is 30.3 Å². The number of rotatable bonds is 5. The van der Waals surface area contributed by atoms with Gasteiger partial charge in [0.15, 0.2) is 12.1 Å². The number of ketones is 1. The predicted molar refractivity (Wildman–Crippen MR) is 79.1 cm³/mol. The Bertz CT molecular complexity index is 495. The Kier molecular flexibility index (Phi) is 4.88. The molecule has 0 aliphatic carbocycles. The fourth-order valence-corrected chi connectivity index (χ4v) is 3.03. The van der Waals surface area contributed by atoms with E-state index in [1.54, 1.807) is 6.92 Å². The Morgan fingerprint density at radius 3 is 2.64 bits per heavy atom. The van der Waals surface area contributed by atoms with Gasteiger partial charge in [-0.25, -0.2) is 0 Å². The van der Waals surface area contributed by atoms with Crippen LogP contribution in [0.4, 0.5) is 0 Å². The highest BCUT2D eigenvalue weighted by atomic mass is 16.8. The molecule has 2 heterocycles. The van der Waals surface area contributed by atoms with Crippen molar-refractivity contribution in [2.45, 2.75) is 51.0 Å². The van der Waals surface area contributed by atoms with E-state index in [-0.39, 0.29) is 11.9 Å². The van der Waals surface area contributed by atoms with Crippen LogP contribution in [0.15, 0.2) is 30.3 Å². The van der Waals surface area contributed by atoms with Gasteiger partial charge in [-0.15, -0.1) is 0 Å². The third kappa shape index (κ3) is 3.93. The summed E-state index contributed by atoms with van der Waals surface area (Å²) in [6.07, 6.45) is 0.840. The number of benzene rings is 1. The second kappa shape index (κ2) is 6.87. The van der Waals surface area contributed by atoms with E-state index in [2.05, 4.69) is 0 Å². The first kappa shape index (κ1) is 15.6. The van der Waals surface area contributed by atoms with Crippen LogP contribution in [0.1, 0.15) is 31.7 Å². The lowest BCUT2D eigenvalue weighted by Gasteiger charge is -2.40. The van der Waals surface area contributed by atoms with Crippen molar-refractivity contribution in [1.82, 2.24) is 0 Å².